The van der Waals surface area contributed by atoms with Gasteiger partial charge in [-0.15, -0.1) is 0 Å². The number of amides is 2. The van der Waals surface area contributed by atoms with Crippen LogP contribution in [0.4, 0.5) is 5.13 Å². The van der Waals surface area contributed by atoms with Crippen molar-refractivity contribution in [3.05, 3.63) is 54.1 Å². The van der Waals surface area contributed by atoms with Gasteiger partial charge in [-0.1, -0.05) is 35.6 Å². The van der Waals surface area contributed by atoms with Crippen molar-refractivity contribution in [2.24, 2.45) is 0 Å². The summed E-state index contributed by atoms with van der Waals surface area (Å²) in [6.07, 6.45) is 0. The molecule has 2 amide bonds. The highest BCUT2D eigenvalue weighted by Crippen LogP contribution is 2.31. The van der Waals surface area contributed by atoms with E-state index in [1.54, 1.807) is 31.4 Å². The van der Waals surface area contributed by atoms with Gasteiger partial charge in [0.15, 0.2) is 5.13 Å². The van der Waals surface area contributed by atoms with Crippen LogP contribution in [0.2, 0.25) is 0 Å². The zero-order valence-electron chi connectivity index (χ0n) is 12.9. The summed E-state index contributed by atoms with van der Waals surface area (Å²) in [4.78, 5) is 28.3. The van der Waals surface area contributed by atoms with Gasteiger partial charge in [-0.3, -0.25) is 9.59 Å². The number of carbonyl (C=O) groups is 2. The Morgan fingerprint density at radius 2 is 1.92 bits per heavy atom. The van der Waals surface area contributed by atoms with Crippen LogP contribution in [0.1, 0.15) is 10.4 Å². The van der Waals surface area contributed by atoms with Crippen molar-refractivity contribution in [2.45, 2.75) is 0 Å². The maximum absolute atomic E-state index is 12.0. The summed E-state index contributed by atoms with van der Waals surface area (Å²) in [7, 11) is 1.57. The number of rotatable bonds is 5. The van der Waals surface area contributed by atoms with Crippen LogP contribution in [-0.2, 0) is 4.79 Å². The zero-order valence-corrected chi connectivity index (χ0v) is 13.7. The molecule has 7 heteroatoms. The van der Waals surface area contributed by atoms with E-state index in [1.807, 2.05) is 24.3 Å². The molecule has 0 aliphatic heterocycles. The molecule has 24 heavy (non-hydrogen) atoms. The largest absolute Gasteiger partial charge is 0.494 e. The molecule has 0 bridgehead atoms. The quantitative estimate of drug-likeness (QED) is 0.748. The first-order chi connectivity index (χ1) is 11.7. The Labute approximate surface area is 142 Å². The Morgan fingerprint density at radius 1 is 1.12 bits per heavy atom. The molecule has 0 saturated heterocycles. The van der Waals surface area contributed by atoms with E-state index < -0.39 is 0 Å². The number of benzene rings is 2. The highest BCUT2D eigenvalue weighted by atomic mass is 32.1. The van der Waals surface area contributed by atoms with Gasteiger partial charge in [0, 0.05) is 5.56 Å². The molecule has 3 rings (SSSR count). The molecule has 122 valence electrons. The van der Waals surface area contributed by atoms with Gasteiger partial charge in [-0.2, -0.15) is 0 Å². The molecule has 0 unspecified atom stereocenters. The van der Waals surface area contributed by atoms with Crippen molar-refractivity contribution >= 4 is 38.5 Å². The minimum atomic E-state index is -0.336. The average Bonchev–Trinajstić information content (AvgIpc) is 3.02. The molecule has 1 heterocycles. The van der Waals surface area contributed by atoms with Crippen LogP contribution in [0.15, 0.2) is 48.5 Å². The van der Waals surface area contributed by atoms with Crippen molar-refractivity contribution in [1.82, 2.24) is 10.3 Å². The van der Waals surface area contributed by atoms with Gasteiger partial charge >= 0.3 is 0 Å². The Hall–Kier alpha value is -2.93. The van der Waals surface area contributed by atoms with Crippen LogP contribution in [0.3, 0.4) is 0 Å². The summed E-state index contributed by atoms with van der Waals surface area (Å²) in [6.45, 7) is -0.124. The van der Waals surface area contributed by atoms with Gasteiger partial charge < -0.3 is 15.4 Å². The predicted octanol–water partition coefficient (Wildman–Crippen LogP) is 2.67. The maximum Gasteiger partial charge on any atom is 0.251 e. The molecular weight excluding hydrogens is 326 g/mol. The molecule has 1 aromatic heterocycles. The minimum absolute atomic E-state index is 0.124. The minimum Gasteiger partial charge on any atom is -0.494 e. The molecule has 2 N–H and O–H groups in total. The molecule has 0 saturated carbocycles. The van der Waals surface area contributed by atoms with Crippen LogP contribution in [0.5, 0.6) is 5.75 Å². The zero-order chi connectivity index (χ0) is 16.9. The molecule has 3 aromatic rings. The third-order valence-electron chi connectivity index (χ3n) is 3.29. The van der Waals surface area contributed by atoms with Gasteiger partial charge in [0.25, 0.3) is 5.91 Å². The Bertz CT molecular complexity index is 877. The average molecular weight is 341 g/mol. The Morgan fingerprint density at radius 3 is 2.67 bits per heavy atom. The summed E-state index contributed by atoms with van der Waals surface area (Å²) >= 11 is 1.35. The standard InChI is InChI=1S/C17H15N3O3S/c1-23-12-8-5-9-13-15(12)20-17(24-13)19-14(21)10-18-16(22)11-6-3-2-4-7-11/h2-9H,10H2,1H3,(H,18,22)(H,19,20,21). The number of fused-ring (bicyclic) bond motifs is 1. The second kappa shape index (κ2) is 7.10. The fraction of sp³-hybridized carbons (Fsp3) is 0.118. The van der Waals surface area contributed by atoms with Gasteiger partial charge in [-0.25, -0.2) is 4.98 Å². The molecule has 0 spiro atoms. The van der Waals surface area contributed by atoms with E-state index >= 15 is 0 Å². The summed E-state index contributed by atoms with van der Waals surface area (Å²) in [5.74, 6) is 0.0238. The lowest BCUT2D eigenvalue weighted by molar-refractivity contribution is -0.115. The second-order valence-electron chi connectivity index (χ2n) is 4.92. The lowest BCUT2D eigenvalue weighted by Gasteiger charge is -2.04. The van der Waals surface area contributed by atoms with Crippen molar-refractivity contribution < 1.29 is 14.3 Å². The first-order valence-corrected chi connectivity index (χ1v) is 8.05. The SMILES string of the molecule is COc1cccc2sc(NC(=O)CNC(=O)c3ccccc3)nc12. The Balaban J connectivity index is 1.62. The predicted molar refractivity (Wildman–Crippen MR) is 93.6 cm³/mol. The fourth-order valence-corrected chi connectivity index (χ4v) is 3.06. The first kappa shape index (κ1) is 15.9. The fourth-order valence-electron chi connectivity index (χ4n) is 2.16. The van der Waals surface area contributed by atoms with Gasteiger partial charge in [0.2, 0.25) is 5.91 Å². The second-order valence-corrected chi connectivity index (χ2v) is 5.95. The molecule has 0 radical (unpaired) electrons. The topological polar surface area (TPSA) is 80.3 Å². The monoisotopic (exact) mass is 341 g/mol. The van der Waals surface area contributed by atoms with E-state index in [0.29, 0.717) is 22.0 Å². The van der Waals surface area contributed by atoms with Crippen LogP contribution in [0.25, 0.3) is 10.2 Å². The lowest BCUT2D eigenvalue weighted by atomic mass is 10.2. The van der Waals surface area contributed by atoms with Crippen molar-refractivity contribution in [2.75, 3.05) is 19.0 Å². The number of nitrogens with one attached hydrogen (secondary N) is 2. The number of ether oxygens (including phenoxy) is 1. The highest BCUT2D eigenvalue weighted by Gasteiger charge is 2.12. The van der Waals surface area contributed by atoms with Gasteiger partial charge in [0.1, 0.15) is 11.3 Å². The van der Waals surface area contributed by atoms with E-state index in [2.05, 4.69) is 15.6 Å². The summed E-state index contributed by atoms with van der Waals surface area (Å²) in [5.41, 5.74) is 1.21. The van der Waals surface area contributed by atoms with Gasteiger partial charge in [-0.05, 0) is 24.3 Å². The number of methoxy groups -OCH3 is 1. The number of aromatic nitrogens is 1. The van der Waals surface area contributed by atoms with Crippen LogP contribution in [0, 0.1) is 0 Å². The normalized spacial score (nSPS) is 10.4. The smallest absolute Gasteiger partial charge is 0.251 e. The molecule has 0 atom stereocenters. The number of nitrogens with zero attached hydrogens (tertiary/aromatic N) is 1. The molecule has 0 aliphatic rings. The number of anilines is 1. The number of hydrogen-bond donors (Lipinski definition) is 2. The number of carbonyl (C=O) groups excluding carboxylic acids is 2. The van der Waals surface area contributed by atoms with E-state index in [9.17, 15) is 9.59 Å². The molecule has 0 fully saturated rings. The van der Waals surface area contributed by atoms with E-state index in [-0.39, 0.29) is 18.4 Å². The summed E-state index contributed by atoms with van der Waals surface area (Å²) in [5, 5.41) is 5.73. The Kier molecular flexibility index (Phi) is 4.72. The van der Waals surface area contributed by atoms with Crippen LogP contribution >= 0.6 is 11.3 Å². The molecule has 2 aromatic carbocycles. The van der Waals surface area contributed by atoms with E-state index in [1.165, 1.54) is 11.3 Å². The van der Waals surface area contributed by atoms with Crippen molar-refractivity contribution in [3.63, 3.8) is 0 Å². The third kappa shape index (κ3) is 3.52. The van der Waals surface area contributed by atoms with Crippen LogP contribution in [-0.4, -0.2) is 30.5 Å². The summed E-state index contributed by atoms with van der Waals surface area (Å²) in [6, 6.07) is 14.3. The lowest BCUT2D eigenvalue weighted by Crippen LogP contribution is -2.32. The molecule has 6 nitrogen and oxygen atoms in total. The summed E-state index contributed by atoms with van der Waals surface area (Å²) < 4.78 is 6.16. The number of para-hydroxylation sites is 1. The van der Waals surface area contributed by atoms with E-state index in [0.717, 1.165) is 4.70 Å². The number of thiazole rings is 1. The van der Waals surface area contributed by atoms with Gasteiger partial charge in [0.05, 0.1) is 18.4 Å². The molecule has 0 aliphatic carbocycles. The first-order valence-electron chi connectivity index (χ1n) is 7.24. The highest BCUT2D eigenvalue weighted by molar-refractivity contribution is 7.22. The van der Waals surface area contributed by atoms with Crippen LogP contribution < -0.4 is 15.4 Å². The third-order valence-corrected chi connectivity index (χ3v) is 4.23. The van der Waals surface area contributed by atoms with Crippen molar-refractivity contribution in [1.29, 1.82) is 0 Å². The van der Waals surface area contributed by atoms with E-state index in [4.69, 9.17) is 4.74 Å². The number of hydrogen-bond acceptors (Lipinski definition) is 5. The van der Waals surface area contributed by atoms with Crippen molar-refractivity contribution in [3.8, 4) is 5.75 Å². The maximum atomic E-state index is 12.0. The molecular formula is C17H15N3O3S.